The van der Waals surface area contributed by atoms with Gasteiger partial charge >= 0.3 is 0 Å². The third-order valence-electron chi connectivity index (χ3n) is 2.69. The highest BCUT2D eigenvalue weighted by Crippen LogP contribution is 2.26. The predicted octanol–water partition coefficient (Wildman–Crippen LogP) is 4.32. The average molecular weight is 370 g/mol. The highest BCUT2D eigenvalue weighted by molar-refractivity contribution is 9.10. The van der Waals surface area contributed by atoms with E-state index in [-0.39, 0.29) is 6.04 Å². The smallest absolute Gasteiger partial charge is 0.0636 e. The summed E-state index contributed by atoms with van der Waals surface area (Å²) in [4.78, 5) is 0. The molecule has 2 aromatic carbocycles. The van der Waals surface area contributed by atoms with Crippen molar-refractivity contribution in [3.05, 3.63) is 63.0 Å². The van der Waals surface area contributed by atoms with Crippen molar-refractivity contribution >= 4 is 37.5 Å². The number of hydrogen-bond donors (Lipinski definition) is 2. The molecule has 2 rings (SSSR count). The van der Waals surface area contributed by atoms with Gasteiger partial charge in [-0.2, -0.15) is 0 Å². The van der Waals surface area contributed by atoms with E-state index in [1.54, 1.807) is 0 Å². The first kappa shape index (κ1) is 13.6. The molecule has 0 bridgehead atoms. The molecule has 1 unspecified atom stereocenters. The first-order valence-electron chi connectivity index (χ1n) is 5.67. The number of nitrogens with two attached hydrogens (primary N) is 1. The van der Waals surface area contributed by atoms with Gasteiger partial charge in [0.15, 0.2) is 0 Å². The second-order valence-electron chi connectivity index (χ2n) is 3.97. The Kier molecular flexibility index (Phi) is 4.80. The van der Waals surface area contributed by atoms with E-state index in [4.69, 9.17) is 5.73 Å². The molecule has 0 saturated carbocycles. The fraction of sp³-hybridized carbons (Fsp3) is 0.143. The highest BCUT2D eigenvalue weighted by atomic mass is 79.9. The molecular formula is C14H14Br2N2. The maximum atomic E-state index is 5.86. The van der Waals surface area contributed by atoms with Gasteiger partial charge in [-0.3, -0.25) is 0 Å². The van der Waals surface area contributed by atoms with Crippen molar-refractivity contribution in [3.8, 4) is 0 Å². The Bertz CT molecular complexity index is 529. The molecule has 0 fully saturated rings. The molecule has 0 heterocycles. The molecular weight excluding hydrogens is 356 g/mol. The average Bonchev–Trinajstić information content (AvgIpc) is 2.38. The summed E-state index contributed by atoms with van der Waals surface area (Å²) >= 11 is 7.01. The number of anilines is 1. The van der Waals surface area contributed by atoms with E-state index in [9.17, 15) is 0 Å². The molecule has 3 N–H and O–H groups in total. The predicted molar refractivity (Wildman–Crippen MR) is 83.7 cm³/mol. The van der Waals surface area contributed by atoms with E-state index in [1.807, 2.05) is 36.4 Å². The van der Waals surface area contributed by atoms with E-state index in [0.29, 0.717) is 6.54 Å². The molecule has 1 atom stereocenters. The van der Waals surface area contributed by atoms with Gasteiger partial charge in [0.25, 0.3) is 0 Å². The Labute approximate surface area is 124 Å². The second-order valence-corrected chi connectivity index (χ2v) is 5.74. The van der Waals surface area contributed by atoms with Gasteiger partial charge in [0, 0.05) is 21.2 Å². The lowest BCUT2D eigenvalue weighted by Gasteiger charge is -2.19. The SMILES string of the molecule is NCC(Nc1ccccc1Br)c1cccc(Br)c1. The lowest BCUT2D eigenvalue weighted by Crippen LogP contribution is -2.20. The van der Waals surface area contributed by atoms with Crippen LogP contribution in [-0.4, -0.2) is 6.54 Å². The van der Waals surface area contributed by atoms with Crippen molar-refractivity contribution in [2.24, 2.45) is 5.73 Å². The van der Waals surface area contributed by atoms with Crippen molar-refractivity contribution in [1.82, 2.24) is 0 Å². The van der Waals surface area contributed by atoms with E-state index in [1.165, 1.54) is 5.56 Å². The first-order valence-corrected chi connectivity index (χ1v) is 7.26. The molecule has 0 spiro atoms. The summed E-state index contributed by atoms with van der Waals surface area (Å²) in [5.74, 6) is 0. The van der Waals surface area contributed by atoms with Crippen LogP contribution in [0.3, 0.4) is 0 Å². The van der Waals surface area contributed by atoms with Crippen LogP contribution in [0.15, 0.2) is 57.5 Å². The van der Waals surface area contributed by atoms with Crippen molar-refractivity contribution < 1.29 is 0 Å². The summed E-state index contributed by atoms with van der Waals surface area (Å²) in [5.41, 5.74) is 8.08. The van der Waals surface area contributed by atoms with Gasteiger partial charge < -0.3 is 11.1 Å². The number of rotatable bonds is 4. The van der Waals surface area contributed by atoms with Crippen LogP contribution in [0.1, 0.15) is 11.6 Å². The van der Waals surface area contributed by atoms with Gasteiger partial charge in [0.1, 0.15) is 0 Å². The van der Waals surface area contributed by atoms with Crippen molar-refractivity contribution in [2.45, 2.75) is 6.04 Å². The fourth-order valence-corrected chi connectivity index (χ4v) is 2.58. The van der Waals surface area contributed by atoms with Crippen molar-refractivity contribution in [1.29, 1.82) is 0 Å². The number of nitrogens with one attached hydrogen (secondary N) is 1. The minimum atomic E-state index is 0.0983. The molecule has 0 saturated heterocycles. The topological polar surface area (TPSA) is 38.0 Å². The van der Waals surface area contributed by atoms with Crippen LogP contribution in [0, 0.1) is 0 Å². The van der Waals surface area contributed by atoms with Crippen molar-refractivity contribution in [3.63, 3.8) is 0 Å². The van der Waals surface area contributed by atoms with Crippen LogP contribution < -0.4 is 11.1 Å². The van der Waals surface area contributed by atoms with Crippen LogP contribution in [0.4, 0.5) is 5.69 Å². The maximum Gasteiger partial charge on any atom is 0.0636 e. The standard InChI is InChI=1S/C14H14Br2N2/c15-11-5-3-4-10(8-11)14(9-17)18-13-7-2-1-6-12(13)16/h1-8,14,18H,9,17H2. The molecule has 2 aromatic rings. The fourth-order valence-electron chi connectivity index (χ4n) is 1.77. The summed E-state index contributed by atoms with van der Waals surface area (Å²) in [6.07, 6.45) is 0. The normalized spacial score (nSPS) is 12.2. The van der Waals surface area contributed by atoms with Crippen LogP contribution in [-0.2, 0) is 0 Å². The molecule has 0 radical (unpaired) electrons. The molecule has 0 aliphatic carbocycles. The van der Waals surface area contributed by atoms with Crippen LogP contribution in [0.25, 0.3) is 0 Å². The Balaban J connectivity index is 2.23. The molecule has 94 valence electrons. The van der Waals surface area contributed by atoms with E-state index in [0.717, 1.165) is 14.6 Å². The van der Waals surface area contributed by atoms with E-state index in [2.05, 4.69) is 49.3 Å². The first-order chi connectivity index (χ1) is 8.70. The van der Waals surface area contributed by atoms with Gasteiger partial charge in [0.05, 0.1) is 6.04 Å². The molecule has 4 heteroatoms. The number of halogens is 2. The van der Waals surface area contributed by atoms with Gasteiger partial charge in [-0.25, -0.2) is 0 Å². The highest BCUT2D eigenvalue weighted by Gasteiger charge is 2.10. The lowest BCUT2D eigenvalue weighted by molar-refractivity contribution is 0.789. The van der Waals surface area contributed by atoms with Gasteiger partial charge in [0.2, 0.25) is 0 Å². The number of para-hydroxylation sites is 1. The number of hydrogen-bond acceptors (Lipinski definition) is 2. The van der Waals surface area contributed by atoms with Gasteiger partial charge in [-0.05, 0) is 45.8 Å². The third-order valence-corrected chi connectivity index (χ3v) is 3.88. The summed E-state index contributed by atoms with van der Waals surface area (Å²) < 4.78 is 2.10. The van der Waals surface area contributed by atoms with E-state index < -0.39 is 0 Å². The molecule has 0 amide bonds. The quantitative estimate of drug-likeness (QED) is 0.841. The number of benzene rings is 2. The third kappa shape index (κ3) is 3.34. The van der Waals surface area contributed by atoms with Crippen LogP contribution in [0.2, 0.25) is 0 Å². The monoisotopic (exact) mass is 368 g/mol. The van der Waals surface area contributed by atoms with Gasteiger partial charge in [-0.1, -0.05) is 40.2 Å². The van der Waals surface area contributed by atoms with E-state index >= 15 is 0 Å². The Morgan fingerprint density at radius 2 is 1.83 bits per heavy atom. The lowest BCUT2D eigenvalue weighted by atomic mass is 10.1. The summed E-state index contributed by atoms with van der Waals surface area (Å²) in [7, 11) is 0. The summed E-state index contributed by atoms with van der Waals surface area (Å²) in [5, 5.41) is 3.45. The summed E-state index contributed by atoms with van der Waals surface area (Å²) in [6.45, 7) is 0.539. The summed E-state index contributed by atoms with van der Waals surface area (Å²) in [6, 6.07) is 16.3. The molecule has 18 heavy (non-hydrogen) atoms. The largest absolute Gasteiger partial charge is 0.376 e. The minimum Gasteiger partial charge on any atom is -0.376 e. The zero-order chi connectivity index (χ0) is 13.0. The van der Waals surface area contributed by atoms with Crippen molar-refractivity contribution in [2.75, 3.05) is 11.9 Å². The molecule has 0 aliphatic heterocycles. The zero-order valence-corrected chi connectivity index (χ0v) is 12.9. The van der Waals surface area contributed by atoms with Crippen LogP contribution in [0.5, 0.6) is 0 Å². The molecule has 0 aromatic heterocycles. The Morgan fingerprint density at radius 1 is 1.06 bits per heavy atom. The Morgan fingerprint density at radius 3 is 2.50 bits per heavy atom. The zero-order valence-electron chi connectivity index (χ0n) is 9.74. The molecule has 2 nitrogen and oxygen atoms in total. The van der Waals surface area contributed by atoms with Gasteiger partial charge in [-0.15, -0.1) is 0 Å². The Hall–Kier alpha value is -0.840. The van der Waals surface area contributed by atoms with Crippen LogP contribution >= 0.6 is 31.9 Å². The maximum absolute atomic E-state index is 5.86. The molecule has 0 aliphatic rings. The second kappa shape index (κ2) is 6.36. The minimum absolute atomic E-state index is 0.0983.